The second-order valence-corrected chi connectivity index (χ2v) is 9.15. The van der Waals surface area contributed by atoms with E-state index < -0.39 is 0 Å². The molecule has 2 bridgehead atoms. The van der Waals surface area contributed by atoms with Crippen LogP contribution in [0.15, 0.2) is 36.4 Å². The number of aryl methyl sites for hydroxylation is 1. The molecule has 2 aromatic carbocycles. The van der Waals surface area contributed by atoms with Crippen LogP contribution >= 0.6 is 0 Å². The van der Waals surface area contributed by atoms with E-state index in [2.05, 4.69) is 34.5 Å². The molecule has 3 saturated heterocycles. The number of nitrogens with one attached hydrogen (secondary N) is 1. The summed E-state index contributed by atoms with van der Waals surface area (Å²) in [6.45, 7) is 3.44. The molecule has 1 unspecified atom stereocenters. The summed E-state index contributed by atoms with van der Waals surface area (Å²) in [4.78, 5) is 15.2. The van der Waals surface area contributed by atoms with Crippen molar-refractivity contribution in [2.24, 2.45) is 5.92 Å². The Morgan fingerprint density at radius 3 is 2.65 bits per heavy atom. The molecule has 0 spiro atoms. The molecule has 4 aliphatic heterocycles. The molecule has 31 heavy (non-hydrogen) atoms. The number of hydrogen-bond acceptors (Lipinski definition) is 5. The minimum atomic E-state index is -0.273. The summed E-state index contributed by atoms with van der Waals surface area (Å²) in [5, 5.41) is 3.18. The Morgan fingerprint density at radius 2 is 1.81 bits per heavy atom. The van der Waals surface area contributed by atoms with Crippen LogP contribution in [0, 0.1) is 5.92 Å². The number of benzene rings is 2. The second-order valence-electron chi connectivity index (χ2n) is 9.15. The molecule has 2 atom stereocenters. The van der Waals surface area contributed by atoms with Gasteiger partial charge in [0.25, 0.3) is 0 Å². The fourth-order valence-electron chi connectivity index (χ4n) is 5.56. The predicted octanol–water partition coefficient (Wildman–Crippen LogP) is 4.28. The number of rotatable bonds is 3. The lowest BCUT2D eigenvalue weighted by atomic mass is 9.85. The van der Waals surface area contributed by atoms with Crippen molar-refractivity contribution in [1.82, 2.24) is 10.2 Å². The van der Waals surface area contributed by atoms with Crippen molar-refractivity contribution in [2.45, 2.75) is 44.2 Å². The lowest BCUT2D eigenvalue weighted by molar-refractivity contribution is -0.0340. The second kappa shape index (κ2) is 7.75. The SMILES string of the molecule is O=C(NC1CCCc2ccc(-c3ccc4c(c3)OCO4)cc21)O[C@H]1CN2CCC1CC2. The van der Waals surface area contributed by atoms with E-state index in [9.17, 15) is 4.79 Å². The quantitative estimate of drug-likeness (QED) is 0.803. The van der Waals surface area contributed by atoms with Crippen molar-refractivity contribution < 1.29 is 19.0 Å². The van der Waals surface area contributed by atoms with E-state index in [1.54, 1.807) is 0 Å². The van der Waals surface area contributed by atoms with Crippen LogP contribution in [0.5, 0.6) is 11.5 Å². The number of hydrogen-bond donors (Lipinski definition) is 1. The van der Waals surface area contributed by atoms with Crippen LogP contribution in [-0.4, -0.2) is 43.5 Å². The van der Waals surface area contributed by atoms with Crippen LogP contribution in [0.3, 0.4) is 0 Å². The third-order valence-electron chi connectivity index (χ3n) is 7.31. The zero-order valence-electron chi connectivity index (χ0n) is 17.6. The number of fused-ring (bicyclic) bond motifs is 5. The molecular weight excluding hydrogens is 392 g/mol. The van der Waals surface area contributed by atoms with Gasteiger partial charge in [-0.25, -0.2) is 4.79 Å². The van der Waals surface area contributed by atoms with Crippen LogP contribution in [0.2, 0.25) is 0 Å². The maximum atomic E-state index is 12.8. The summed E-state index contributed by atoms with van der Waals surface area (Å²) >= 11 is 0. The summed E-state index contributed by atoms with van der Waals surface area (Å²) in [7, 11) is 0. The van der Waals surface area contributed by atoms with Gasteiger partial charge in [-0.1, -0.05) is 18.2 Å². The molecule has 1 amide bonds. The van der Waals surface area contributed by atoms with Gasteiger partial charge in [0.2, 0.25) is 6.79 Å². The van der Waals surface area contributed by atoms with Gasteiger partial charge in [0.1, 0.15) is 6.10 Å². The van der Waals surface area contributed by atoms with Gasteiger partial charge in [-0.05, 0) is 91.6 Å². The van der Waals surface area contributed by atoms with Gasteiger partial charge in [-0.15, -0.1) is 0 Å². The fraction of sp³-hybridized carbons (Fsp3) is 0.480. The summed E-state index contributed by atoms with van der Waals surface area (Å²) in [6.07, 6.45) is 5.10. The Hall–Kier alpha value is -2.73. The molecule has 1 N–H and O–H groups in total. The zero-order valence-corrected chi connectivity index (χ0v) is 17.6. The molecular formula is C25H28N2O4. The molecule has 2 aromatic rings. The lowest BCUT2D eigenvalue weighted by Gasteiger charge is -2.44. The molecule has 0 aromatic heterocycles. The van der Waals surface area contributed by atoms with E-state index in [1.165, 1.54) is 11.1 Å². The Kier molecular flexibility index (Phi) is 4.75. The van der Waals surface area contributed by atoms with Gasteiger partial charge in [-0.3, -0.25) is 4.90 Å². The standard InChI is InChI=1S/C25H28N2O4/c28-25(31-24-14-27-10-8-17(24)9-11-27)26-21-3-1-2-16-4-5-18(12-20(16)21)19-6-7-22-23(13-19)30-15-29-22/h4-7,12-13,17,21,24H,1-3,8-11,14-15H2,(H,26,28)/t21?,24-/m0/s1. The maximum Gasteiger partial charge on any atom is 0.407 e. The first-order chi connectivity index (χ1) is 15.2. The molecule has 6 heteroatoms. The van der Waals surface area contributed by atoms with Crippen LogP contribution in [0.25, 0.3) is 11.1 Å². The van der Waals surface area contributed by atoms with E-state index in [1.807, 2.05) is 12.1 Å². The van der Waals surface area contributed by atoms with Crippen LogP contribution < -0.4 is 14.8 Å². The molecule has 5 aliphatic rings. The molecule has 0 radical (unpaired) electrons. The highest BCUT2D eigenvalue weighted by Gasteiger charge is 2.37. The average molecular weight is 421 g/mol. The topological polar surface area (TPSA) is 60.0 Å². The van der Waals surface area contributed by atoms with Crippen LogP contribution in [0.1, 0.15) is 42.9 Å². The minimum Gasteiger partial charge on any atom is -0.454 e. The van der Waals surface area contributed by atoms with Crippen molar-refractivity contribution in [3.8, 4) is 22.6 Å². The largest absolute Gasteiger partial charge is 0.454 e. The minimum absolute atomic E-state index is 0.00806. The number of carbonyl (C=O) groups excluding carboxylic acids is 1. The third-order valence-corrected chi connectivity index (χ3v) is 7.31. The predicted molar refractivity (Wildman–Crippen MR) is 116 cm³/mol. The summed E-state index contributed by atoms with van der Waals surface area (Å²) in [6, 6.07) is 12.6. The number of nitrogens with zero attached hydrogens (tertiary/aromatic N) is 1. The van der Waals surface area contributed by atoms with Gasteiger partial charge < -0.3 is 19.5 Å². The first-order valence-electron chi connectivity index (χ1n) is 11.5. The molecule has 6 nitrogen and oxygen atoms in total. The Balaban J connectivity index is 1.20. The number of amides is 1. The Bertz CT molecular complexity index is 999. The maximum absolute atomic E-state index is 12.8. The van der Waals surface area contributed by atoms with Crippen LogP contribution in [0.4, 0.5) is 4.79 Å². The third kappa shape index (κ3) is 3.63. The van der Waals surface area contributed by atoms with E-state index in [4.69, 9.17) is 14.2 Å². The van der Waals surface area contributed by atoms with Gasteiger partial charge in [0, 0.05) is 6.54 Å². The highest BCUT2D eigenvalue weighted by Crippen LogP contribution is 2.38. The molecule has 4 heterocycles. The zero-order chi connectivity index (χ0) is 20.8. The molecule has 7 rings (SSSR count). The van der Waals surface area contributed by atoms with E-state index in [0.717, 1.165) is 74.4 Å². The first-order valence-corrected chi connectivity index (χ1v) is 11.5. The van der Waals surface area contributed by atoms with Gasteiger partial charge in [-0.2, -0.15) is 0 Å². The normalized spacial score (nSPS) is 28.1. The number of alkyl carbamates (subject to hydrolysis) is 1. The fourth-order valence-corrected chi connectivity index (χ4v) is 5.56. The Morgan fingerprint density at radius 1 is 1.00 bits per heavy atom. The summed E-state index contributed by atoms with van der Waals surface area (Å²) in [5.41, 5.74) is 4.72. The molecule has 1 aliphatic carbocycles. The number of piperidine rings is 3. The van der Waals surface area contributed by atoms with E-state index in [-0.39, 0.29) is 25.0 Å². The molecule has 162 valence electrons. The highest BCUT2D eigenvalue weighted by atomic mass is 16.7. The van der Waals surface area contributed by atoms with Crippen molar-refractivity contribution in [3.63, 3.8) is 0 Å². The monoisotopic (exact) mass is 420 g/mol. The van der Waals surface area contributed by atoms with Crippen molar-refractivity contribution in [2.75, 3.05) is 26.4 Å². The van der Waals surface area contributed by atoms with Crippen molar-refractivity contribution in [3.05, 3.63) is 47.5 Å². The Labute approximate surface area is 182 Å². The first kappa shape index (κ1) is 19.0. The van der Waals surface area contributed by atoms with E-state index >= 15 is 0 Å². The number of ether oxygens (including phenoxy) is 3. The summed E-state index contributed by atoms with van der Waals surface area (Å²) < 4.78 is 16.9. The summed E-state index contributed by atoms with van der Waals surface area (Å²) in [5.74, 6) is 2.09. The molecule has 3 fully saturated rings. The average Bonchev–Trinajstić information content (AvgIpc) is 3.28. The smallest absolute Gasteiger partial charge is 0.407 e. The highest BCUT2D eigenvalue weighted by molar-refractivity contribution is 5.71. The molecule has 0 saturated carbocycles. The lowest BCUT2D eigenvalue weighted by Crippen LogP contribution is -2.52. The van der Waals surface area contributed by atoms with Gasteiger partial charge in [0.05, 0.1) is 6.04 Å². The van der Waals surface area contributed by atoms with Gasteiger partial charge >= 0.3 is 6.09 Å². The van der Waals surface area contributed by atoms with E-state index in [0.29, 0.717) is 5.92 Å². The van der Waals surface area contributed by atoms with Crippen LogP contribution in [-0.2, 0) is 11.2 Å². The van der Waals surface area contributed by atoms with Crippen molar-refractivity contribution >= 4 is 6.09 Å². The van der Waals surface area contributed by atoms with Gasteiger partial charge in [0.15, 0.2) is 11.5 Å². The number of carbonyl (C=O) groups is 1. The van der Waals surface area contributed by atoms with Crippen molar-refractivity contribution in [1.29, 1.82) is 0 Å².